The molecule has 1 saturated carbocycles. The Morgan fingerprint density at radius 3 is 2.47 bits per heavy atom. The van der Waals surface area contributed by atoms with Crippen LogP contribution in [0.1, 0.15) is 72.7 Å². The number of amides is 3. The lowest BCUT2D eigenvalue weighted by atomic mass is 9.95. The highest BCUT2D eigenvalue weighted by Gasteiger charge is 2.37. The molecule has 0 saturated heterocycles. The van der Waals surface area contributed by atoms with Crippen LogP contribution in [-0.2, 0) is 16.0 Å². The van der Waals surface area contributed by atoms with Crippen LogP contribution in [0.5, 0.6) is 0 Å². The van der Waals surface area contributed by atoms with Gasteiger partial charge < -0.3 is 19.5 Å². The number of anilines is 1. The maximum absolute atomic E-state index is 13.8. The van der Waals surface area contributed by atoms with Gasteiger partial charge in [-0.2, -0.15) is 0 Å². The molecule has 3 aromatic rings. The molecule has 2 heterocycles. The molecule has 2 N–H and O–H groups in total. The number of benzene rings is 1. The maximum atomic E-state index is 13.8. The van der Waals surface area contributed by atoms with Gasteiger partial charge in [-0.05, 0) is 62.1 Å². The number of aryl methyl sites for hydroxylation is 2. The van der Waals surface area contributed by atoms with E-state index in [0.717, 1.165) is 37.7 Å². The molecule has 0 bridgehead atoms. The van der Waals surface area contributed by atoms with E-state index in [4.69, 9.17) is 8.83 Å². The summed E-state index contributed by atoms with van der Waals surface area (Å²) in [7, 11) is 0. The zero-order valence-electron chi connectivity index (χ0n) is 20.8. The van der Waals surface area contributed by atoms with Gasteiger partial charge in [0.15, 0.2) is 11.8 Å². The molecule has 4 rings (SSSR count). The van der Waals surface area contributed by atoms with Crippen LogP contribution >= 0.6 is 0 Å². The van der Waals surface area contributed by atoms with Gasteiger partial charge in [0.25, 0.3) is 11.8 Å². The Morgan fingerprint density at radius 2 is 1.81 bits per heavy atom. The van der Waals surface area contributed by atoms with E-state index in [-0.39, 0.29) is 24.3 Å². The number of hydrogen-bond acceptors (Lipinski definition) is 5. The predicted molar refractivity (Wildman–Crippen MR) is 136 cm³/mol. The molecular formula is C28H33N3O5. The molecular weight excluding hydrogens is 458 g/mol. The fourth-order valence-electron chi connectivity index (χ4n) is 4.70. The van der Waals surface area contributed by atoms with Crippen molar-refractivity contribution >= 4 is 23.4 Å². The lowest BCUT2D eigenvalue weighted by molar-refractivity contribution is -0.127. The van der Waals surface area contributed by atoms with Crippen LogP contribution in [0.2, 0.25) is 0 Å². The molecule has 190 valence electrons. The number of carbonyl (C=O) groups excluding carboxylic acids is 3. The molecule has 1 aliphatic rings. The molecule has 8 heteroatoms. The zero-order valence-corrected chi connectivity index (χ0v) is 20.8. The summed E-state index contributed by atoms with van der Waals surface area (Å²) in [5, 5.41) is 5.78. The first-order chi connectivity index (χ1) is 17.5. The predicted octanol–water partition coefficient (Wildman–Crippen LogP) is 4.70. The van der Waals surface area contributed by atoms with Crippen LogP contribution in [0.15, 0.2) is 63.6 Å². The van der Waals surface area contributed by atoms with Gasteiger partial charge in [-0.3, -0.25) is 19.3 Å². The van der Waals surface area contributed by atoms with Gasteiger partial charge in [0.2, 0.25) is 5.91 Å². The Bertz CT molecular complexity index is 1180. The summed E-state index contributed by atoms with van der Waals surface area (Å²) in [4.78, 5) is 41.5. The smallest absolute Gasteiger partial charge is 0.287 e. The van der Waals surface area contributed by atoms with Gasteiger partial charge in [-0.15, -0.1) is 0 Å². The van der Waals surface area contributed by atoms with Gasteiger partial charge >= 0.3 is 0 Å². The lowest BCUT2D eigenvalue weighted by Gasteiger charge is -2.33. The molecule has 2 aromatic heterocycles. The Hall–Kier alpha value is -3.81. The van der Waals surface area contributed by atoms with E-state index >= 15 is 0 Å². The number of hydrogen-bond donors (Lipinski definition) is 2. The summed E-state index contributed by atoms with van der Waals surface area (Å²) >= 11 is 0. The van der Waals surface area contributed by atoms with Crippen molar-refractivity contribution < 1.29 is 23.2 Å². The number of para-hydroxylation sites is 1. The topological polar surface area (TPSA) is 105 Å². The van der Waals surface area contributed by atoms with Crippen LogP contribution in [0.25, 0.3) is 0 Å². The summed E-state index contributed by atoms with van der Waals surface area (Å²) in [5.41, 5.74) is 1.51. The van der Waals surface area contributed by atoms with Crippen molar-refractivity contribution in [3.8, 4) is 0 Å². The van der Waals surface area contributed by atoms with E-state index in [2.05, 4.69) is 10.6 Å². The molecule has 0 spiro atoms. The fraction of sp³-hybridized carbons (Fsp3) is 0.393. The van der Waals surface area contributed by atoms with E-state index in [1.54, 1.807) is 25.1 Å². The van der Waals surface area contributed by atoms with Gasteiger partial charge in [-0.25, -0.2) is 0 Å². The summed E-state index contributed by atoms with van der Waals surface area (Å²) in [6.07, 6.45) is 7.17. The van der Waals surface area contributed by atoms with Gasteiger partial charge in [0.1, 0.15) is 11.5 Å². The first-order valence-electron chi connectivity index (χ1n) is 12.6. The highest BCUT2D eigenvalue weighted by Crippen LogP contribution is 2.32. The Morgan fingerprint density at radius 1 is 1.03 bits per heavy atom. The second-order valence-corrected chi connectivity index (χ2v) is 9.10. The molecule has 36 heavy (non-hydrogen) atoms. The van der Waals surface area contributed by atoms with E-state index in [1.165, 1.54) is 17.2 Å². The third-order valence-electron chi connectivity index (χ3n) is 6.53. The van der Waals surface area contributed by atoms with Crippen molar-refractivity contribution in [3.63, 3.8) is 0 Å². The van der Waals surface area contributed by atoms with Crippen molar-refractivity contribution in [1.29, 1.82) is 0 Å². The summed E-state index contributed by atoms with van der Waals surface area (Å²) in [6, 6.07) is 13.2. The van der Waals surface area contributed by atoms with Crippen molar-refractivity contribution in [2.75, 3.05) is 11.4 Å². The molecule has 3 amide bonds. The van der Waals surface area contributed by atoms with Crippen molar-refractivity contribution in [1.82, 2.24) is 10.6 Å². The summed E-state index contributed by atoms with van der Waals surface area (Å²) < 4.78 is 11.0. The Kier molecular flexibility index (Phi) is 8.25. The molecule has 1 fully saturated rings. The molecule has 1 unspecified atom stereocenters. The van der Waals surface area contributed by atoms with E-state index in [0.29, 0.717) is 23.6 Å². The first-order valence-corrected chi connectivity index (χ1v) is 12.6. The number of nitrogens with one attached hydrogen (secondary N) is 2. The summed E-state index contributed by atoms with van der Waals surface area (Å²) in [5.74, 6) is -0.118. The maximum Gasteiger partial charge on any atom is 0.287 e. The molecule has 1 aliphatic carbocycles. The SMILES string of the molecule is CCc1ccccc1N(C(=O)CNC(=O)c1ccco1)C(C(=O)NC1CCCCC1)c1ccc(C)o1. The largest absolute Gasteiger partial charge is 0.464 e. The zero-order chi connectivity index (χ0) is 25.5. The fourth-order valence-corrected chi connectivity index (χ4v) is 4.70. The molecule has 8 nitrogen and oxygen atoms in total. The highest BCUT2D eigenvalue weighted by atomic mass is 16.3. The quantitative estimate of drug-likeness (QED) is 0.452. The summed E-state index contributed by atoms with van der Waals surface area (Å²) in [6.45, 7) is 3.48. The molecule has 0 radical (unpaired) electrons. The van der Waals surface area contributed by atoms with Crippen molar-refractivity contribution in [2.24, 2.45) is 0 Å². The Balaban J connectivity index is 1.69. The third-order valence-corrected chi connectivity index (χ3v) is 6.53. The number of furan rings is 2. The molecule has 0 aliphatic heterocycles. The second-order valence-electron chi connectivity index (χ2n) is 9.10. The van der Waals surface area contributed by atoms with E-state index in [1.807, 2.05) is 31.2 Å². The van der Waals surface area contributed by atoms with E-state index < -0.39 is 17.9 Å². The van der Waals surface area contributed by atoms with Gasteiger partial charge in [0.05, 0.1) is 12.8 Å². The lowest BCUT2D eigenvalue weighted by Crippen LogP contribution is -2.49. The van der Waals surface area contributed by atoms with Gasteiger partial charge in [0, 0.05) is 11.7 Å². The molecule has 1 atom stereocenters. The van der Waals surface area contributed by atoms with Crippen LogP contribution in [0, 0.1) is 6.92 Å². The second kappa shape index (κ2) is 11.7. The minimum absolute atomic E-state index is 0.0573. The molecule has 1 aromatic carbocycles. The third kappa shape index (κ3) is 5.87. The van der Waals surface area contributed by atoms with Crippen LogP contribution in [-0.4, -0.2) is 30.3 Å². The number of carbonyl (C=O) groups is 3. The number of rotatable bonds is 9. The van der Waals surface area contributed by atoms with Crippen LogP contribution < -0.4 is 15.5 Å². The minimum Gasteiger partial charge on any atom is -0.464 e. The number of nitrogens with zero attached hydrogens (tertiary/aromatic N) is 1. The first kappa shape index (κ1) is 25.3. The monoisotopic (exact) mass is 491 g/mol. The van der Waals surface area contributed by atoms with Crippen LogP contribution in [0.4, 0.5) is 5.69 Å². The van der Waals surface area contributed by atoms with Gasteiger partial charge in [-0.1, -0.05) is 44.4 Å². The van der Waals surface area contributed by atoms with Crippen molar-refractivity contribution in [3.05, 3.63) is 77.6 Å². The average molecular weight is 492 g/mol. The minimum atomic E-state index is -1.03. The average Bonchev–Trinajstić information content (AvgIpc) is 3.58. The standard InChI is InChI=1S/C28H33N3O5/c1-3-20-10-7-8-13-22(20)31(25(32)18-29-27(33)24-14-9-17-35-24)26(23-16-15-19(2)36-23)28(34)30-21-11-5-4-6-12-21/h7-10,13-17,21,26H,3-6,11-12,18H2,1-2H3,(H,29,33)(H,30,34). The van der Waals surface area contributed by atoms with Crippen molar-refractivity contribution in [2.45, 2.75) is 64.5 Å². The normalized spacial score (nSPS) is 14.7. The van der Waals surface area contributed by atoms with E-state index in [9.17, 15) is 14.4 Å². The highest BCUT2D eigenvalue weighted by molar-refractivity contribution is 6.04. The Labute approximate surface area is 211 Å². The van der Waals surface area contributed by atoms with Crippen LogP contribution in [0.3, 0.4) is 0 Å².